The van der Waals surface area contributed by atoms with E-state index >= 15 is 0 Å². The molecule has 1 aliphatic rings. The zero-order chi connectivity index (χ0) is 14.7. The minimum absolute atomic E-state index is 0.217. The van der Waals surface area contributed by atoms with Crippen LogP contribution >= 0.6 is 0 Å². The van der Waals surface area contributed by atoms with Crippen LogP contribution in [0.25, 0.3) is 11.6 Å². The van der Waals surface area contributed by atoms with Gasteiger partial charge in [-0.1, -0.05) is 18.1 Å². The van der Waals surface area contributed by atoms with Crippen LogP contribution in [0.15, 0.2) is 22.7 Å². The van der Waals surface area contributed by atoms with Crippen LogP contribution in [0.3, 0.4) is 0 Å². The lowest BCUT2D eigenvalue weighted by atomic mass is 10.1. The Labute approximate surface area is 124 Å². The van der Waals surface area contributed by atoms with E-state index in [4.69, 9.17) is 4.52 Å². The van der Waals surface area contributed by atoms with Crippen molar-refractivity contribution in [3.05, 3.63) is 29.7 Å². The quantitative estimate of drug-likeness (QED) is 0.925. The number of hydrogen-bond donors (Lipinski definition) is 1. The van der Waals surface area contributed by atoms with Gasteiger partial charge < -0.3 is 9.84 Å². The summed E-state index contributed by atoms with van der Waals surface area (Å²) < 4.78 is 5.41. The topological polar surface area (TPSA) is 67.1 Å². The number of piperazine rings is 1. The fourth-order valence-corrected chi connectivity index (χ4v) is 2.73. The van der Waals surface area contributed by atoms with E-state index in [1.807, 2.05) is 25.1 Å². The van der Waals surface area contributed by atoms with E-state index in [1.165, 1.54) is 0 Å². The molecule has 0 bridgehead atoms. The van der Waals surface area contributed by atoms with Gasteiger partial charge in [-0.2, -0.15) is 4.98 Å². The molecular weight excluding hydrogens is 266 g/mol. The Balaban J connectivity index is 1.82. The summed E-state index contributed by atoms with van der Waals surface area (Å²) in [7, 11) is 0. The second kappa shape index (κ2) is 6.32. The van der Waals surface area contributed by atoms with E-state index < -0.39 is 0 Å². The van der Waals surface area contributed by atoms with Gasteiger partial charge in [-0.15, -0.1) is 0 Å². The highest BCUT2D eigenvalue weighted by molar-refractivity contribution is 5.46. The zero-order valence-electron chi connectivity index (χ0n) is 12.5. The van der Waals surface area contributed by atoms with Crippen LogP contribution < -0.4 is 5.32 Å². The largest absolute Gasteiger partial charge is 0.332 e. The Morgan fingerprint density at radius 3 is 2.81 bits per heavy atom. The van der Waals surface area contributed by atoms with Gasteiger partial charge in [-0.25, -0.2) is 4.98 Å². The number of rotatable bonds is 4. The van der Waals surface area contributed by atoms with Crippen molar-refractivity contribution in [1.29, 1.82) is 0 Å². The maximum Gasteiger partial charge on any atom is 0.276 e. The van der Waals surface area contributed by atoms with Crippen molar-refractivity contribution < 1.29 is 4.52 Å². The van der Waals surface area contributed by atoms with Crippen molar-refractivity contribution in [3.63, 3.8) is 0 Å². The first-order valence-corrected chi connectivity index (χ1v) is 7.50. The normalized spacial score (nSPS) is 17.8. The van der Waals surface area contributed by atoms with Gasteiger partial charge in [0.25, 0.3) is 5.89 Å². The highest BCUT2D eigenvalue weighted by Crippen LogP contribution is 2.24. The lowest BCUT2D eigenvalue weighted by Gasteiger charge is -2.32. The molecule has 6 nitrogen and oxygen atoms in total. The van der Waals surface area contributed by atoms with Crippen LogP contribution in [-0.4, -0.2) is 46.2 Å². The van der Waals surface area contributed by atoms with E-state index in [9.17, 15) is 0 Å². The van der Waals surface area contributed by atoms with E-state index in [1.54, 1.807) is 0 Å². The molecule has 2 aromatic rings. The summed E-state index contributed by atoms with van der Waals surface area (Å²) in [6.45, 7) is 8.18. The molecule has 0 amide bonds. The molecule has 1 N–H and O–H groups in total. The number of aromatic nitrogens is 3. The minimum atomic E-state index is 0.217. The maximum absolute atomic E-state index is 5.41. The number of nitrogens with zero attached hydrogens (tertiary/aromatic N) is 4. The second-order valence-electron chi connectivity index (χ2n) is 5.33. The smallest absolute Gasteiger partial charge is 0.276 e. The van der Waals surface area contributed by atoms with E-state index in [0.29, 0.717) is 5.89 Å². The summed E-state index contributed by atoms with van der Waals surface area (Å²) >= 11 is 0. The highest BCUT2D eigenvalue weighted by Gasteiger charge is 2.25. The van der Waals surface area contributed by atoms with Crippen LogP contribution in [0.2, 0.25) is 0 Å². The van der Waals surface area contributed by atoms with Crippen molar-refractivity contribution in [3.8, 4) is 11.6 Å². The first-order valence-electron chi connectivity index (χ1n) is 7.50. The molecule has 1 saturated heterocycles. The molecular formula is C15H21N5O. The molecule has 0 saturated carbocycles. The van der Waals surface area contributed by atoms with Crippen molar-refractivity contribution in [2.75, 3.05) is 26.2 Å². The van der Waals surface area contributed by atoms with Gasteiger partial charge in [-0.05, 0) is 25.5 Å². The number of aryl methyl sites for hydroxylation is 1. The fourth-order valence-electron chi connectivity index (χ4n) is 2.73. The zero-order valence-corrected chi connectivity index (χ0v) is 12.5. The molecule has 2 aromatic heterocycles. The molecule has 6 heteroatoms. The van der Waals surface area contributed by atoms with Gasteiger partial charge >= 0.3 is 0 Å². The van der Waals surface area contributed by atoms with Gasteiger partial charge in [-0.3, -0.25) is 4.90 Å². The fraction of sp³-hybridized carbons (Fsp3) is 0.533. The van der Waals surface area contributed by atoms with E-state index in [0.717, 1.165) is 49.8 Å². The Morgan fingerprint density at radius 2 is 2.10 bits per heavy atom. The summed E-state index contributed by atoms with van der Waals surface area (Å²) in [5.41, 5.74) is 1.69. The van der Waals surface area contributed by atoms with Gasteiger partial charge in [0, 0.05) is 31.9 Å². The van der Waals surface area contributed by atoms with Gasteiger partial charge in [0.2, 0.25) is 0 Å². The van der Waals surface area contributed by atoms with E-state index in [-0.39, 0.29) is 6.04 Å². The summed E-state index contributed by atoms with van der Waals surface area (Å²) in [5, 5.41) is 7.55. The molecule has 112 valence electrons. The van der Waals surface area contributed by atoms with Gasteiger partial charge in [0.1, 0.15) is 5.69 Å². The van der Waals surface area contributed by atoms with Crippen LogP contribution in [0.5, 0.6) is 0 Å². The molecule has 0 aromatic carbocycles. The third-order valence-corrected chi connectivity index (χ3v) is 3.83. The average Bonchev–Trinajstić information content (AvgIpc) is 2.99. The number of hydrogen-bond acceptors (Lipinski definition) is 6. The average molecular weight is 287 g/mol. The molecule has 1 atom stereocenters. The first kappa shape index (κ1) is 14.2. The minimum Gasteiger partial charge on any atom is -0.332 e. The molecule has 0 spiro atoms. The molecule has 0 aliphatic carbocycles. The Hall–Kier alpha value is -1.79. The SMILES string of the molecule is CCC(c1noc(-c2cccc(C)n2)n1)N1CCNCC1. The van der Waals surface area contributed by atoms with Crippen LogP contribution in [-0.2, 0) is 0 Å². The summed E-state index contributed by atoms with van der Waals surface area (Å²) in [4.78, 5) is 11.4. The predicted octanol–water partition coefficient (Wildman–Crippen LogP) is 1.80. The maximum atomic E-state index is 5.41. The third kappa shape index (κ3) is 3.11. The summed E-state index contributed by atoms with van der Waals surface area (Å²) in [6, 6.07) is 6.02. The van der Waals surface area contributed by atoms with Gasteiger partial charge in [0.15, 0.2) is 5.82 Å². The van der Waals surface area contributed by atoms with Crippen molar-refractivity contribution in [1.82, 2.24) is 25.3 Å². The van der Waals surface area contributed by atoms with E-state index in [2.05, 4.69) is 32.3 Å². The van der Waals surface area contributed by atoms with Crippen molar-refractivity contribution in [2.45, 2.75) is 26.3 Å². The van der Waals surface area contributed by atoms with Crippen molar-refractivity contribution >= 4 is 0 Å². The lowest BCUT2D eigenvalue weighted by Crippen LogP contribution is -2.45. The van der Waals surface area contributed by atoms with Gasteiger partial charge in [0.05, 0.1) is 6.04 Å². The predicted molar refractivity (Wildman–Crippen MR) is 79.7 cm³/mol. The monoisotopic (exact) mass is 287 g/mol. The van der Waals surface area contributed by atoms with Crippen LogP contribution in [0.4, 0.5) is 0 Å². The molecule has 21 heavy (non-hydrogen) atoms. The standard InChI is InChI=1S/C15H21N5O/c1-3-13(20-9-7-16-8-10-20)14-18-15(21-19-14)12-6-4-5-11(2)17-12/h4-6,13,16H,3,7-10H2,1-2H3. The molecule has 1 unspecified atom stereocenters. The second-order valence-corrected chi connectivity index (χ2v) is 5.33. The Morgan fingerprint density at radius 1 is 1.29 bits per heavy atom. The van der Waals surface area contributed by atoms with Crippen LogP contribution in [0, 0.1) is 6.92 Å². The molecule has 3 heterocycles. The third-order valence-electron chi connectivity index (χ3n) is 3.83. The molecule has 1 aliphatic heterocycles. The molecule has 3 rings (SSSR count). The Kier molecular flexibility index (Phi) is 4.26. The summed E-state index contributed by atoms with van der Waals surface area (Å²) in [6.07, 6.45) is 0.972. The first-order chi connectivity index (χ1) is 10.3. The Bertz CT molecular complexity index is 591. The lowest BCUT2D eigenvalue weighted by molar-refractivity contribution is 0.160. The number of pyridine rings is 1. The van der Waals surface area contributed by atoms with Crippen LogP contribution in [0.1, 0.15) is 30.9 Å². The summed E-state index contributed by atoms with van der Waals surface area (Å²) in [5.74, 6) is 1.26. The number of nitrogens with one attached hydrogen (secondary N) is 1. The molecule has 0 radical (unpaired) electrons. The highest BCUT2D eigenvalue weighted by atomic mass is 16.5. The van der Waals surface area contributed by atoms with Crippen molar-refractivity contribution in [2.24, 2.45) is 0 Å². The molecule has 1 fully saturated rings.